The molecule has 2 saturated heterocycles. The zero-order chi connectivity index (χ0) is 48.4. The minimum absolute atomic E-state index is 0.0189. The van der Waals surface area contributed by atoms with Crippen LogP contribution < -0.4 is 21.3 Å². The van der Waals surface area contributed by atoms with Crippen LogP contribution >= 0.6 is 11.6 Å². The molecule has 4 aliphatic rings. The topological polar surface area (TPSA) is 198 Å². The third-order valence-electron chi connectivity index (χ3n) is 12.8. The van der Waals surface area contributed by atoms with Crippen molar-refractivity contribution >= 4 is 53.0 Å². The van der Waals surface area contributed by atoms with Crippen LogP contribution in [0.3, 0.4) is 0 Å². The highest BCUT2D eigenvalue weighted by molar-refractivity contribution is 6.30. The fraction of sp³-hybridized carbons (Fsp3) is 0.698. The van der Waals surface area contributed by atoms with Crippen molar-refractivity contribution in [2.24, 2.45) is 11.8 Å². The predicted molar refractivity (Wildman–Crippen MR) is 223 cm³/mol. The van der Waals surface area contributed by atoms with Crippen LogP contribution in [0.15, 0.2) is 24.3 Å². The van der Waals surface area contributed by atoms with Crippen LogP contribution in [-0.4, -0.2) is 148 Å². The standard InChI is InChI=1S/C43H58ClF6N7O8/c1-23(2)15-28-36(61)56(5)31(18-24-9-8-10-26(44)16-24)35(60)54-41(12-13-41)38(63)51-14-7-6-11-30(33(58)52-28)55(4)37(62)29(17-25-20-42(46,47)21-25)53-34(59)32-19-27(45)22-57(32)39(64)40(3,65)43(48,49)50/h8-10,16,23,25,27-32,65H,6-7,11-15,17-22H2,1-5H3,(H,51,63)(H,52,58)(H,53,59)(H,54,60)/t27-,28+,29+,30+,31+,32+,40-/m1/s1. The van der Waals surface area contributed by atoms with Gasteiger partial charge in [-0.3, -0.25) is 33.6 Å². The van der Waals surface area contributed by atoms with Crippen LogP contribution in [0.1, 0.15) is 90.5 Å². The molecule has 1 aromatic carbocycles. The second kappa shape index (κ2) is 20.1. The van der Waals surface area contributed by atoms with Crippen LogP contribution in [-0.2, 0) is 40.0 Å². The number of amides is 7. The first-order valence-electron chi connectivity index (χ1n) is 21.8. The summed E-state index contributed by atoms with van der Waals surface area (Å²) in [5.41, 5.74) is -4.61. The summed E-state index contributed by atoms with van der Waals surface area (Å²) in [6, 6.07) is -0.841. The molecule has 5 rings (SSSR count). The Morgan fingerprint density at radius 3 is 2.29 bits per heavy atom. The smallest absolute Gasteiger partial charge is 0.373 e. The largest absolute Gasteiger partial charge is 0.426 e. The highest BCUT2D eigenvalue weighted by Crippen LogP contribution is 2.45. The molecule has 15 nitrogen and oxygen atoms in total. The monoisotopic (exact) mass is 949 g/mol. The van der Waals surface area contributed by atoms with E-state index in [-0.39, 0.29) is 56.4 Å². The van der Waals surface area contributed by atoms with Crippen LogP contribution in [0.25, 0.3) is 0 Å². The van der Waals surface area contributed by atoms with E-state index in [1.807, 2.05) is 0 Å². The van der Waals surface area contributed by atoms with E-state index in [9.17, 15) is 65.0 Å². The van der Waals surface area contributed by atoms with E-state index in [0.29, 0.717) is 23.4 Å². The number of nitrogens with zero attached hydrogens (tertiary/aromatic N) is 3. The molecular formula is C43H58ClF6N7O8. The van der Waals surface area contributed by atoms with Crippen molar-refractivity contribution in [3.8, 4) is 0 Å². The second-order valence-corrected chi connectivity index (χ2v) is 19.0. The molecule has 2 saturated carbocycles. The normalized spacial score (nSPS) is 27.0. The Labute approximate surface area is 378 Å². The molecule has 5 N–H and O–H groups in total. The maximum Gasteiger partial charge on any atom is 0.426 e. The van der Waals surface area contributed by atoms with Crippen LogP contribution in [0.4, 0.5) is 26.3 Å². The lowest BCUT2D eigenvalue weighted by Gasteiger charge is -2.39. The first-order chi connectivity index (χ1) is 30.2. The summed E-state index contributed by atoms with van der Waals surface area (Å²) in [6.07, 6.45) is -8.95. The fourth-order valence-electron chi connectivity index (χ4n) is 8.67. The number of carbonyl (C=O) groups excluding carboxylic acids is 7. The average Bonchev–Trinajstić information content (AvgIpc) is 3.88. The fourth-order valence-corrected chi connectivity index (χ4v) is 8.89. The minimum atomic E-state index is -5.51. The number of benzene rings is 1. The molecule has 1 spiro atoms. The maximum atomic E-state index is 14.7. The summed E-state index contributed by atoms with van der Waals surface area (Å²) in [5.74, 6) is -11.0. The molecule has 22 heteroatoms. The first kappa shape index (κ1) is 51.3. The molecule has 0 radical (unpaired) electrons. The molecule has 0 aromatic heterocycles. The van der Waals surface area contributed by atoms with Gasteiger partial charge >= 0.3 is 6.18 Å². The van der Waals surface area contributed by atoms with E-state index < -0.39 is 139 Å². The number of likely N-dealkylation sites (N-methyl/N-ethyl adjacent to an activating group) is 2. The van der Waals surface area contributed by atoms with Crippen molar-refractivity contribution in [2.75, 3.05) is 27.2 Å². The summed E-state index contributed by atoms with van der Waals surface area (Å²) in [7, 11) is 2.59. The number of nitrogens with one attached hydrogen (secondary N) is 4. The van der Waals surface area contributed by atoms with Crippen LogP contribution in [0.2, 0.25) is 5.02 Å². The van der Waals surface area contributed by atoms with Gasteiger partial charge in [-0.05, 0) is 81.4 Å². The number of aliphatic hydroxyl groups is 1. The molecular weight excluding hydrogens is 892 g/mol. The van der Waals surface area contributed by atoms with E-state index in [1.165, 1.54) is 19.0 Å². The highest BCUT2D eigenvalue weighted by Gasteiger charge is 2.60. The van der Waals surface area contributed by atoms with Crippen molar-refractivity contribution < 1.29 is 65.0 Å². The summed E-state index contributed by atoms with van der Waals surface area (Å²) in [4.78, 5) is 100.0. The van der Waals surface area contributed by atoms with E-state index >= 15 is 0 Å². The van der Waals surface area contributed by atoms with Crippen molar-refractivity contribution in [3.05, 3.63) is 34.9 Å². The Morgan fingerprint density at radius 1 is 1.05 bits per heavy atom. The quantitative estimate of drug-likeness (QED) is 0.209. The Balaban J connectivity index is 1.45. The summed E-state index contributed by atoms with van der Waals surface area (Å²) in [6.45, 7) is 2.85. The zero-order valence-corrected chi connectivity index (χ0v) is 37.7. The van der Waals surface area contributed by atoms with Crippen molar-refractivity contribution in [1.82, 2.24) is 36.0 Å². The lowest BCUT2D eigenvalue weighted by molar-refractivity contribution is -0.250. The van der Waals surface area contributed by atoms with Gasteiger partial charge in [0.05, 0.1) is 6.54 Å². The Bertz CT molecular complexity index is 1980. The zero-order valence-electron chi connectivity index (χ0n) is 36.9. The molecule has 2 aliphatic carbocycles. The minimum Gasteiger partial charge on any atom is -0.373 e. The van der Waals surface area contributed by atoms with Gasteiger partial charge in [0.25, 0.3) is 5.91 Å². The average molecular weight is 950 g/mol. The Hall–Kier alpha value is -4.66. The number of likely N-dealkylation sites (tertiary alicyclic amines) is 1. The summed E-state index contributed by atoms with van der Waals surface area (Å²) < 4.78 is 83.8. The van der Waals surface area contributed by atoms with E-state index in [1.54, 1.807) is 38.1 Å². The number of carbonyl (C=O) groups is 7. The number of alkyl halides is 6. The third-order valence-corrected chi connectivity index (χ3v) is 13.0. The second-order valence-electron chi connectivity index (χ2n) is 18.6. The molecule has 0 unspecified atom stereocenters. The Morgan fingerprint density at radius 2 is 1.71 bits per heavy atom. The van der Waals surface area contributed by atoms with Gasteiger partial charge in [0.1, 0.15) is 41.9 Å². The van der Waals surface area contributed by atoms with Gasteiger partial charge in [0.2, 0.25) is 47.0 Å². The van der Waals surface area contributed by atoms with Crippen molar-refractivity contribution in [1.29, 1.82) is 0 Å². The predicted octanol–water partition coefficient (Wildman–Crippen LogP) is 3.19. The van der Waals surface area contributed by atoms with Gasteiger partial charge < -0.3 is 41.1 Å². The van der Waals surface area contributed by atoms with Crippen molar-refractivity contribution in [3.63, 3.8) is 0 Å². The lowest BCUT2D eigenvalue weighted by atomic mass is 9.77. The maximum absolute atomic E-state index is 14.7. The van der Waals surface area contributed by atoms with Gasteiger partial charge in [-0.15, -0.1) is 0 Å². The molecule has 7 atom stereocenters. The van der Waals surface area contributed by atoms with E-state index in [2.05, 4.69) is 21.3 Å². The lowest BCUT2D eigenvalue weighted by Crippen LogP contribution is -2.62. The van der Waals surface area contributed by atoms with Crippen molar-refractivity contribution in [2.45, 2.75) is 151 Å². The highest BCUT2D eigenvalue weighted by atomic mass is 35.5. The first-order valence-corrected chi connectivity index (χ1v) is 22.1. The molecule has 1 aromatic rings. The van der Waals surface area contributed by atoms with Gasteiger partial charge in [0, 0.05) is 51.3 Å². The number of hydrogen-bond acceptors (Lipinski definition) is 8. The molecule has 2 heterocycles. The SMILES string of the molecule is CC(C)C[C@@H]1NC(=O)[C@@H](N(C)C(=O)[C@H](CC2CC(F)(F)C2)NC(=O)[C@@H]2C[C@@H](F)CN2C(=O)[C@@](C)(O)C(F)(F)F)CCCCNC(=O)C2(CC2)NC(=O)[C@H](Cc2cccc(Cl)c2)N(C)C1=O. The summed E-state index contributed by atoms with van der Waals surface area (Å²) >= 11 is 6.24. The number of rotatable bonds is 11. The van der Waals surface area contributed by atoms with E-state index in [4.69, 9.17) is 11.6 Å². The molecule has 362 valence electrons. The number of hydrogen-bond donors (Lipinski definition) is 5. The van der Waals surface area contributed by atoms with Gasteiger partial charge in [-0.25, -0.2) is 13.2 Å². The van der Waals surface area contributed by atoms with Crippen LogP contribution in [0.5, 0.6) is 0 Å². The third kappa shape index (κ3) is 12.2. The molecule has 4 fully saturated rings. The summed E-state index contributed by atoms with van der Waals surface area (Å²) in [5, 5.41) is 21.2. The molecule has 7 amide bonds. The van der Waals surface area contributed by atoms with Crippen LogP contribution in [0, 0.1) is 11.8 Å². The Kier molecular flexibility index (Phi) is 15.8. The number of halogens is 7. The molecule has 2 aliphatic heterocycles. The molecule has 65 heavy (non-hydrogen) atoms. The molecule has 0 bridgehead atoms. The van der Waals surface area contributed by atoms with Gasteiger partial charge in [-0.2, -0.15) is 13.2 Å². The van der Waals surface area contributed by atoms with Gasteiger partial charge in [0.15, 0.2) is 0 Å². The van der Waals surface area contributed by atoms with Gasteiger partial charge in [-0.1, -0.05) is 37.6 Å². The van der Waals surface area contributed by atoms with E-state index in [0.717, 1.165) is 4.90 Å².